The molecule has 1 aromatic heterocycles. The molecule has 1 aromatic carbocycles. The van der Waals surface area contributed by atoms with Crippen LogP contribution in [0, 0.1) is 11.3 Å². The summed E-state index contributed by atoms with van der Waals surface area (Å²) in [7, 11) is 3.88. The number of aromatic nitrogens is 2. The molecular weight excluding hydrogens is 292 g/mol. The molecule has 0 bridgehead atoms. The summed E-state index contributed by atoms with van der Waals surface area (Å²) >= 11 is 0. The first-order chi connectivity index (χ1) is 11.1. The fourth-order valence-electron chi connectivity index (χ4n) is 1.81. The number of hydrogen-bond donors (Lipinski definition) is 2. The Morgan fingerprint density at radius 2 is 2.00 bits per heavy atom. The minimum atomic E-state index is -0.239. The summed E-state index contributed by atoms with van der Waals surface area (Å²) in [5.74, 6) is 0.277. The summed E-state index contributed by atoms with van der Waals surface area (Å²) < 4.78 is 0. The van der Waals surface area contributed by atoms with Crippen LogP contribution in [-0.4, -0.2) is 48.0 Å². The predicted molar refractivity (Wildman–Crippen MR) is 87.4 cm³/mol. The maximum atomic E-state index is 12.0. The second kappa shape index (κ2) is 7.87. The number of likely N-dealkylation sites (N-methyl/N-ethyl adjacent to an activating group) is 1. The second-order valence-corrected chi connectivity index (χ2v) is 5.16. The van der Waals surface area contributed by atoms with E-state index in [0.29, 0.717) is 23.6 Å². The summed E-state index contributed by atoms with van der Waals surface area (Å²) in [4.78, 5) is 22.1. The molecule has 2 N–H and O–H groups in total. The van der Waals surface area contributed by atoms with Crippen molar-refractivity contribution in [1.82, 2.24) is 20.2 Å². The van der Waals surface area contributed by atoms with E-state index < -0.39 is 0 Å². The monoisotopic (exact) mass is 310 g/mol. The average Bonchev–Trinajstić information content (AvgIpc) is 2.55. The average molecular weight is 310 g/mol. The van der Waals surface area contributed by atoms with Gasteiger partial charge in [-0.2, -0.15) is 5.26 Å². The van der Waals surface area contributed by atoms with Crippen LogP contribution in [0.1, 0.15) is 16.1 Å². The molecule has 0 aliphatic carbocycles. The van der Waals surface area contributed by atoms with Gasteiger partial charge in [0.05, 0.1) is 11.6 Å². The second-order valence-electron chi connectivity index (χ2n) is 5.16. The van der Waals surface area contributed by atoms with Crippen LogP contribution in [0.5, 0.6) is 0 Å². The molecule has 0 saturated heterocycles. The number of hydrogen-bond acceptors (Lipinski definition) is 6. The van der Waals surface area contributed by atoms with E-state index >= 15 is 0 Å². The molecule has 0 aliphatic rings. The molecule has 0 fully saturated rings. The zero-order chi connectivity index (χ0) is 16.7. The Morgan fingerprint density at radius 1 is 1.26 bits per heavy atom. The first kappa shape index (κ1) is 16.4. The number of carbonyl (C=O) groups excluding carboxylic acids is 1. The zero-order valence-electron chi connectivity index (χ0n) is 13.1. The van der Waals surface area contributed by atoms with Crippen molar-refractivity contribution >= 4 is 17.4 Å². The summed E-state index contributed by atoms with van der Waals surface area (Å²) in [5, 5.41) is 14.7. The van der Waals surface area contributed by atoms with Crippen molar-refractivity contribution in [2.24, 2.45) is 0 Å². The molecule has 23 heavy (non-hydrogen) atoms. The summed E-state index contributed by atoms with van der Waals surface area (Å²) in [6.07, 6.45) is 1.34. The van der Waals surface area contributed by atoms with Crippen LogP contribution in [0.3, 0.4) is 0 Å². The van der Waals surface area contributed by atoms with Crippen molar-refractivity contribution in [2.45, 2.75) is 0 Å². The molecule has 0 spiro atoms. The van der Waals surface area contributed by atoms with Gasteiger partial charge in [-0.3, -0.25) is 4.79 Å². The Balaban J connectivity index is 2.01. The largest absolute Gasteiger partial charge is 0.349 e. The van der Waals surface area contributed by atoms with E-state index in [9.17, 15) is 4.79 Å². The lowest BCUT2D eigenvalue weighted by Gasteiger charge is -2.10. The molecule has 2 rings (SSSR count). The van der Waals surface area contributed by atoms with Gasteiger partial charge in [0, 0.05) is 24.8 Å². The minimum absolute atomic E-state index is 0.239. The summed E-state index contributed by atoms with van der Waals surface area (Å²) in [5.41, 5.74) is 1.66. The van der Waals surface area contributed by atoms with E-state index in [0.717, 1.165) is 12.2 Å². The van der Waals surface area contributed by atoms with Gasteiger partial charge in [-0.05, 0) is 38.4 Å². The third kappa shape index (κ3) is 5.05. The number of amides is 1. The van der Waals surface area contributed by atoms with E-state index in [2.05, 4.69) is 26.7 Å². The zero-order valence-corrected chi connectivity index (χ0v) is 13.1. The molecule has 0 saturated carbocycles. The van der Waals surface area contributed by atoms with E-state index in [4.69, 9.17) is 5.26 Å². The standard InChI is InChI=1S/C16H18N6O/c1-22(2)8-7-18-16(23)14-9-15(20-11-19-14)21-13-5-3-12(10-17)4-6-13/h3-6,9,11H,7-8H2,1-2H3,(H,18,23)(H,19,20,21). The van der Waals surface area contributed by atoms with Gasteiger partial charge >= 0.3 is 0 Å². The quantitative estimate of drug-likeness (QED) is 0.837. The molecule has 0 aliphatic heterocycles. The van der Waals surface area contributed by atoms with Gasteiger partial charge in [-0.25, -0.2) is 9.97 Å². The Bertz CT molecular complexity index is 705. The number of benzene rings is 1. The van der Waals surface area contributed by atoms with Gasteiger partial charge in [0.25, 0.3) is 5.91 Å². The predicted octanol–water partition coefficient (Wildman–Crippen LogP) is 1.38. The maximum Gasteiger partial charge on any atom is 0.270 e. The SMILES string of the molecule is CN(C)CCNC(=O)c1cc(Nc2ccc(C#N)cc2)ncn1. The Kier molecular flexibility index (Phi) is 5.61. The van der Waals surface area contributed by atoms with E-state index in [-0.39, 0.29) is 5.91 Å². The highest BCUT2D eigenvalue weighted by molar-refractivity contribution is 5.92. The first-order valence-electron chi connectivity index (χ1n) is 7.10. The highest BCUT2D eigenvalue weighted by atomic mass is 16.1. The van der Waals surface area contributed by atoms with Gasteiger partial charge in [0.15, 0.2) is 0 Å². The van der Waals surface area contributed by atoms with Crippen LogP contribution < -0.4 is 10.6 Å². The van der Waals surface area contributed by atoms with Crippen molar-refractivity contribution in [1.29, 1.82) is 5.26 Å². The van der Waals surface area contributed by atoms with Crippen molar-refractivity contribution in [2.75, 3.05) is 32.5 Å². The van der Waals surface area contributed by atoms with Gasteiger partial charge < -0.3 is 15.5 Å². The molecule has 0 atom stereocenters. The lowest BCUT2D eigenvalue weighted by atomic mass is 10.2. The van der Waals surface area contributed by atoms with Crippen LogP contribution in [0.4, 0.5) is 11.5 Å². The lowest BCUT2D eigenvalue weighted by Crippen LogP contribution is -2.31. The fraction of sp³-hybridized carbons (Fsp3) is 0.250. The number of nitrogens with zero attached hydrogens (tertiary/aromatic N) is 4. The maximum absolute atomic E-state index is 12.0. The third-order valence-electron chi connectivity index (χ3n) is 3.03. The van der Waals surface area contributed by atoms with Gasteiger partial charge in [0.1, 0.15) is 17.8 Å². The topological polar surface area (TPSA) is 93.9 Å². The molecule has 7 nitrogen and oxygen atoms in total. The van der Waals surface area contributed by atoms with Gasteiger partial charge in [0.2, 0.25) is 0 Å². The Hall–Kier alpha value is -2.98. The smallest absolute Gasteiger partial charge is 0.270 e. The normalized spacial score (nSPS) is 10.2. The van der Waals surface area contributed by atoms with Crippen molar-refractivity contribution in [3.8, 4) is 6.07 Å². The molecule has 0 unspecified atom stereocenters. The third-order valence-corrected chi connectivity index (χ3v) is 3.03. The van der Waals surface area contributed by atoms with Crippen molar-refractivity contribution in [3.05, 3.63) is 47.9 Å². The molecular formula is C16H18N6O. The highest BCUT2D eigenvalue weighted by Gasteiger charge is 2.08. The number of rotatable bonds is 6. The molecule has 2 aromatic rings. The molecule has 1 amide bonds. The fourth-order valence-corrected chi connectivity index (χ4v) is 1.81. The molecule has 1 heterocycles. The molecule has 0 radical (unpaired) electrons. The van der Waals surface area contributed by atoms with Crippen molar-refractivity contribution in [3.63, 3.8) is 0 Å². The van der Waals surface area contributed by atoms with Gasteiger partial charge in [-0.1, -0.05) is 0 Å². The molecule has 118 valence electrons. The number of carbonyl (C=O) groups is 1. The highest BCUT2D eigenvalue weighted by Crippen LogP contribution is 2.15. The lowest BCUT2D eigenvalue weighted by molar-refractivity contribution is 0.0946. The Labute approximate surface area is 135 Å². The first-order valence-corrected chi connectivity index (χ1v) is 7.10. The number of nitrogens with one attached hydrogen (secondary N) is 2. The summed E-state index contributed by atoms with van der Waals surface area (Å²) in [6.45, 7) is 1.31. The molecule has 7 heteroatoms. The van der Waals surface area contributed by atoms with E-state index in [1.165, 1.54) is 6.33 Å². The van der Waals surface area contributed by atoms with E-state index in [1.807, 2.05) is 19.0 Å². The summed E-state index contributed by atoms with van der Waals surface area (Å²) in [6, 6.07) is 10.6. The van der Waals surface area contributed by atoms with Crippen molar-refractivity contribution < 1.29 is 4.79 Å². The Morgan fingerprint density at radius 3 is 2.65 bits per heavy atom. The number of nitriles is 1. The minimum Gasteiger partial charge on any atom is -0.349 e. The van der Waals surface area contributed by atoms with Crippen LogP contribution in [-0.2, 0) is 0 Å². The number of anilines is 2. The van der Waals surface area contributed by atoms with Crippen LogP contribution in [0.25, 0.3) is 0 Å². The van der Waals surface area contributed by atoms with E-state index in [1.54, 1.807) is 30.3 Å². The van der Waals surface area contributed by atoms with Crippen LogP contribution in [0.15, 0.2) is 36.7 Å². The van der Waals surface area contributed by atoms with Gasteiger partial charge in [-0.15, -0.1) is 0 Å². The van der Waals surface area contributed by atoms with Crippen LogP contribution in [0.2, 0.25) is 0 Å². The van der Waals surface area contributed by atoms with Crippen LogP contribution >= 0.6 is 0 Å².